The summed E-state index contributed by atoms with van der Waals surface area (Å²) in [5.41, 5.74) is 2.95. The van der Waals surface area contributed by atoms with Crippen LogP contribution in [0.15, 0.2) is 48.5 Å². The fourth-order valence-electron chi connectivity index (χ4n) is 3.61. The normalized spacial score (nSPS) is 16.5. The SMILES string of the molecule is CCN(C(=O)C1CC(=O)N(Cc2ccccc2OC)C1)c1cccc(C)c1. The number of benzene rings is 2. The van der Waals surface area contributed by atoms with Crippen molar-refractivity contribution in [3.8, 4) is 5.75 Å². The minimum atomic E-state index is -0.312. The summed E-state index contributed by atoms with van der Waals surface area (Å²) in [6.07, 6.45) is 0.260. The molecule has 0 bridgehead atoms. The standard InChI is InChI=1S/C22H26N2O3/c1-4-24(19-10-7-8-16(2)12-19)22(26)18-13-21(25)23(15-18)14-17-9-5-6-11-20(17)27-3/h5-12,18H,4,13-15H2,1-3H3. The van der Waals surface area contributed by atoms with Crippen molar-refractivity contribution in [1.82, 2.24) is 4.90 Å². The smallest absolute Gasteiger partial charge is 0.232 e. The summed E-state index contributed by atoms with van der Waals surface area (Å²) in [4.78, 5) is 29.1. The van der Waals surface area contributed by atoms with Gasteiger partial charge in [0.25, 0.3) is 0 Å². The molecule has 0 radical (unpaired) electrons. The van der Waals surface area contributed by atoms with Crippen LogP contribution in [0.1, 0.15) is 24.5 Å². The predicted octanol–water partition coefficient (Wildman–Crippen LogP) is 3.41. The van der Waals surface area contributed by atoms with Gasteiger partial charge in [-0.05, 0) is 37.6 Å². The van der Waals surface area contributed by atoms with Crippen LogP contribution in [0.5, 0.6) is 5.75 Å². The molecule has 27 heavy (non-hydrogen) atoms. The highest BCUT2D eigenvalue weighted by Gasteiger charge is 2.36. The van der Waals surface area contributed by atoms with E-state index in [1.807, 2.05) is 62.4 Å². The molecule has 0 spiro atoms. The average Bonchev–Trinajstić information content (AvgIpc) is 3.03. The van der Waals surface area contributed by atoms with Gasteiger partial charge in [0.2, 0.25) is 11.8 Å². The van der Waals surface area contributed by atoms with Crippen molar-refractivity contribution < 1.29 is 14.3 Å². The van der Waals surface area contributed by atoms with Gasteiger partial charge in [0, 0.05) is 37.3 Å². The van der Waals surface area contributed by atoms with Gasteiger partial charge < -0.3 is 14.5 Å². The Morgan fingerprint density at radius 1 is 1.22 bits per heavy atom. The first-order valence-electron chi connectivity index (χ1n) is 9.31. The van der Waals surface area contributed by atoms with Crippen LogP contribution >= 0.6 is 0 Å². The minimum Gasteiger partial charge on any atom is -0.496 e. The van der Waals surface area contributed by atoms with Gasteiger partial charge in [0.15, 0.2) is 0 Å². The fraction of sp³-hybridized carbons (Fsp3) is 0.364. The van der Waals surface area contributed by atoms with Crippen molar-refractivity contribution in [2.45, 2.75) is 26.8 Å². The number of aryl methyl sites for hydroxylation is 1. The van der Waals surface area contributed by atoms with E-state index in [4.69, 9.17) is 4.74 Å². The van der Waals surface area contributed by atoms with E-state index in [9.17, 15) is 9.59 Å². The lowest BCUT2D eigenvalue weighted by Crippen LogP contribution is -2.37. The zero-order valence-corrected chi connectivity index (χ0v) is 16.1. The number of methoxy groups -OCH3 is 1. The maximum Gasteiger partial charge on any atom is 0.232 e. The number of hydrogen-bond donors (Lipinski definition) is 0. The van der Waals surface area contributed by atoms with Crippen LogP contribution in [0.25, 0.3) is 0 Å². The number of nitrogens with zero attached hydrogens (tertiary/aromatic N) is 2. The van der Waals surface area contributed by atoms with E-state index in [1.54, 1.807) is 16.9 Å². The molecule has 1 heterocycles. The third kappa shape index (κ3) is 4.13. The third-order valence-corrected chi connectivity index (χ3v) is 5.01. The number of carbonyl (C=O) groups excluding carboxylic acids is 2. The Labute approximate surface area is 160 Å². The lowest BCUT2D eigenvalue weighted by molar-refractivity contribution is -0.128. The van der Waals surface area contributed by atoms with E-state index < -0.39 is 0 Å². The quantitative estimate of drug-likeness (QED) is 0.787. The monoisotopic (exact) mass is 366 g/mol. The van der Waals surface area contributed by atoms with Crippen molar-refractivity contribution in [2.24, 2.45) is 5.92 Å². The molecule has 1 saturated heterocycles. The van der Waals surface area contributed by atoms with Crippen molar-refractivity contribution in [3.63, 3.8) is 0 Å². The van der Waals surface area contributed by atoms with E-state index in [-0.39, 0.29) is 24.2 Å². The zero-order valence-electron chi connectivity index (χ0n) is 16.1. The van der Waals surface area contributed by atoms with E-state index >= 15 is 0 Å². The van der Waals surface area contributed by atoms with Crippen LogP contribution in [0, 0.1) is 12.8 Å². The molecular formula is C22H26N2O3. The lowest BCUT2D eigenvalue weighted by Gasteiger charge is -2.25. The highest BCUT2D eigenvalue weighted by molar-refractivity contribution is 5.99. The topological polar surface area (TPSA) is 49.9 Å². The predicted molar refractivity (Wildman–Crippen MR) is 106 cm³/mol. The Morgan fingerprint density at radius 2 is 2.00 bits per heavy atom. The average molecular weight is 366 g/mol. The van der Waals surface area contributed by atoms with Crippen molar-refractivity contribution in [3.05, 3.63) is 59.7 Å². The van der Waals surface area contributed by atoms with Gasteiger partial charge in [-0.15, -0.1) is 0 Å². The molecule has 0 N–H and O–H groups in total. The fourth-order valence-corrected chi connectivity index (χ4v) is 3.61. The van der Waals surface area contributed by atoms with Crippen LogP contribution in [0.2, 0.25) is 0 Å². The molecule has 1 atom stereocenters. The molecule has 5 nitrogen and oxygen atoms in total. The van der Waals surface area contributed by atoms with Gasteiger partial charge in [-0.2, -0.15) is 0 Å². The lowest BCUT2D eigenvalue weighted by atomic mass is 10.1. The maximum absolute atomic E-state index is 13.1. The molecule has 1 fully saturated rings. The second-order valence-electron chi connectivity index (χ2n) is 6.91. The van der Waals surface area contributed by atoms with E-state index in [2.05, 4.69) is 0 Å². The van der Waals surface area contributed by atoms with Gasteiger partial charge in [-0.25, -0.2) is 0 Å². The molecular weight excluding hydrogens is 340 g/mol. The van der Waals surface area contributed by atoms with Crippen LogP contribution in [-0.4, -0.2) is 36.9 Å². The summed E-state index contributed by atoms with van der Waals surface area (Å²) in [6.45, 7) is 5.46. The molecule has 2 amide bonds. The largest absolute Gasteiger partial charge is 0.496 e. The molecule has 3 rings (SSSR count). The van der Waals surface area contributed by atoms with Crippen molar-refractivity contribution >= 4 is 17.5 Å². The first-order chi connectivity index (χ1) is 13.0. The van der Waals surface area contributed by atoms with Crippen molar-refractivity contribution in [2.75, 3.05) is 25.1 Å². The molecule has 2 aromatic rings. The summed E-state index contributed by atoms with van der Waals surface area (Å²) in [7, 11) is 1.62. The molecule has 0 aliphatic carbocycles. The van der Waals surface area contributed by atoms with Crippen LogP contribution in [0.3, 0.4) is 0 Å². The summed E-state index contributed by atoms with van der Waals surface area (Å²) in [5, 5.41) is 0. The number of amides is 2. The van der Waals surface area contributed by atoms with E-state index in [0.717, 1.165) is 22.6 Å². The van der Waals surface area contributed by atoms with Crippen LogP contribution in [-0.2, 0) is 16.1 Å². The molecule has 2 aromatic carbocycles. The number of ether oxygens (including phenoxy) is 1. The van der Waals surface area contributed by atoms with Gasteiger partial charge in [0.05, 0.1) is 13.0 Å². The highest BCUT2D eigenvalue weighted by Crippen LogP contribution is 2.27. The first-order valence-corrected chi connectivity index (χ1v) is 9.31. The molecule has 1 aliphatic rings. The van der Waals surface area contributed by atoms with Crippen LogP contribution < -0.4 is 9.64 Å². The number of carbonyl (C=O) groups is 2. The third-order valence-electron chi connectivity index (χ3n) is 5.01. The number of likely N-dealkylation sites (tertiary alicyclic amines) is 1. The Kier molecular flexibility index (Phi) is 5.79. The Balaban J connectivity index is 1.73. The van der Waals surface area contributed by atoms with Gasteiger partial charge in [0.1, 0.15) is 5.75 Å². The number of rotatable bonds is 6. The van der Waals surface area contributed by atoms with E-state index in [0.29, 0.717) is 19.6 Å². The Morgan fingerprint density at radius 3 is 2.70 bits per heavy atom. The summed E-state index contributed by atoms with van der Waals surface area (Å²) in [5.74, 6) is 0.473. The van der Waals surface area contributed by atoms with E-state index in [1.165, 1.54) is 0 Å². The Bertz CT molecular complexity index is 834. The second-order valence-corrected chi connectivity index (χ2v) is 6.91. The Hall–Kier alpha value is -2.82. The summed E-state index contributed by atoms with van der Waals surface area (Å²) >= 11 is 0. The maximum atomic E-state index is 13.1. The molecule has 0 aromatic heterocycles. The number of hydrogen-bond acceptors (Lipinski definition) is 3. The molecule has 1 aliphatic heterocycles. The van der Waals surface area contributed by atoms with Crippen LogP contribution in [0.4, 0.5) is 5.69 Å². The van der Waals surface area contributed by atoms with Crippen molar-refractivity contribution in [1.29, 1.82) is 0 Å². The highest BCUT2D eigenvalue weighted by atomic mass is 16.5. The van der Waals surface area contributed by atoms with Gasteiger partial charge in [-0.1, -0.05) is 30.3 Å². The molecule has 5 heteroatoms. The summed E-state index contributed by atoms with van der Waals surface area (Å²) < 4.78 is 5.38. The number of anilines is 1. The molecule has 1 unspecified atom stereocenters. The van der Waals surface area contributed by atoms with Gasteiger partial charge in [-0.3, -0.25) is 9.59 Å². The summed E-state index contributed by atoms with van der Waals surface area (Å²) in [6, 6.07) is 15.6. The molecule has 0 saturated carbocycles. The minimum absolute atomic E-state index is 0.0129. The zero-order chi connectivity index (χ0) is 19.4. The molecule has 142 valence electrons. The van der Waals surface area contributed by atoms with Gasteiger partial charge >= 0.3 is 0 Å². The first kappa shape index (κ1) is 19.0. The second kappa shape index (κ2) is 8.25. The number of para-hydroxylation sites is 1.